The molecule has 0 aliphatic carbocycles. The first-order valence-electron chi connectivity index (χ1n) is 5.09. The fourth-order valence-corrected chi connectivity index (χ4v) is 1.74. The van der Waals surface area contributed by atoms with Gasteiger partial charge < -0.3 is 0 Å². The molecule has 4 nitrogen and oxygen atoms in total. The molecule has 2 rings (SSSR count). The number of nitrogens with one attached hydrogen (secondary N) is 2. The van der Waals surface area contributed by atoms with Crippen molar-refractivity contribution < 1.29 is 4.79 Å². The molecule has 2 aromatic rings. The van der Waals surface area contributed by atoms with Crippen molar-refractivity contribution in [2.45, 2.75) is 0 Å². The molecule has 0 bridgehead atoms. The molecule has 0 aliphatic rings. The molecular formula is C12H9Cl2N3O. The SMILES string of the molecule is O=C(NNc1ccccc1)c1cnc(Cl)cc1Cl. The lowest BCUT2D eigenvalue weighted by Gasteiger charge is -2.09. The Morgan fingerprint density at radius 1 is 1.17 bits per heavy atom. The van der Waals surface area contributed by atoms with Crippen LogP contribution < -0.4 is 10.9 Å². The molecule has 92 valence electrons. The summed E-state index contributed by atoms with van der Waals surface area (Å²) in [5, 5.41) is 0.495. The summed E-state index contributed by atoms with van der Waals surface area (Å²) in [6.45, 7) is 0. The molecule has 0 fully saturated rings. The lowest BCUT2D eigenvalue weighted by atomic mass is 10.3. The third-order valence-electron chi connectivity index (χ3n) is 2.16. The van der Waals surface area contributed by atoms with Gasteiger partial charge in [-0.25, -0.2) is 4.98 Å². The average Bonchev–Trinajstić information content (AvgIpc) is 2.37. The van der Waals surface area contributed by atoms with E-state index in [1.165, 1.54) is 12.3 Å². The molecule has 0 unspecified atom stereocenters. The fraction of sp³-hybridized carbons (Fsp3) is 0. The van der Waals surface area contributed by atoms with E-state index in [-0.39, 0.29) is 21.6 Å². The highest BCUT2D eigenvalue weighted by atomic mass is 35.5. The molecule has 0 radical (unpaired) electrons. The highest BCUT2D eigenvalue weighted by molar-refractivity contribution is 6.36. The molecule has 2 N–H and O–H groups in total. The molecule has 6 heteroatoms. The maximum Gasteiger partial charge on any atom is 0.272 e. The lowest BCUT2D eigenvalue weighted by molar-refractivity contribution is 0.0962. The second-order valence-corrected chi connectivity index (χ2v) is 4.23. The number of anilines is 1. The quantitative estimate of drug-likeness (QED) is 0.671. The summed E-state index contributed by atoms with van der Waals surface area (Å²) < 4.78 is 0. The number of carbonyl (C=O) groups is 1. The third-order valence-corrected chi connectivity index (χ3v) is 2.68. The number of pyridine rings is 1. The first-order chi connectivity index (χ1) is 8.66. The number of hydrogen-bond acceptors (Lipinski definition) is 3. The molecule has 18 heavy (non-hydrogen) atoms. The Labute approximate surface area is 114 Å². The molecule has 0 saturated carbocycles. The highest BCUT2D eigenvalue weighted by Crippen LogP contribution is 2.18. The predicted octanol–water partition coefficient (Wildman–Crippen LogP) is 3.15. The zero-order valence-corrected chi connectivity index (χ0v) is 10.7. The van der Waals surface area contributed by atoms with Crippen LogP contribution >= 0.6 is 23.2 Å². The Morgan fingerprint density at radius 2 is 1.89 bits per heavy atom. The van der Waals surface area contributed by atoms with Crippen LogP contribution in [0.2, 0.25) is 10.2 Å². The minimum absolute atomic E-state index is 0.243. The number of carbonyl (C=O) groups excluding carboxylic acids is 1. The number of hydrazine groups is 1. The minimum atomic E-state index is -0.381. The molecular weight excluding hydrogens is 273 g/mol. The Morgan fingerprint density at radius 3 is 2.56 bits per heavy atom. The van der Waals surface area contributed by atoms with Crippen molar-refractivity contribution in [1.29, 1.82) is 0 Å². The number of nitrogens with zero attached hydrogens (tertiary/aromatic N) is 1. The smallest absolute Gasteiger partial charge is 0.272 e. The van der Waals surface area contributed by atoms with Gasteiger partial charge >= 0.3 is 0 Å². The minimum Gasteiger partial charge on any atom is -0.298 e. The molecule has 0 aliphatic heterocycles. The zero-order valence-electron chi connectivity index (χ0n) is 9.15. The van der Waals surface area contributed by atoms with E-state index in [0.29, 0.717) is 0 Å². The van der Waals surface area contributed by atoms with Gasteiger partial charge in [-0.2, -0.15) is 0 Å². The van der Waals surface area contributed by atoms with Crippen molar-refractivity contribution in [2.75, 3.05) is 5.43 Å². The molecule has 0 atom stereocenters. The summed E-state index contributed by atoms with van der Waals surface area (Å²) in [6.07, 6.45) is 1.33. The van der Waals surface area contributed by atoms with Crippen LogP contribution in [0.1, 0.15) is 10.4 Å². The predicted molar refractivity (Wildman–Crippen MR) is 71.8 cm³/mol. The van der Waals surface area contributed by atoms with Crippen molar-refractivity contribution in [2.24, 2.45) is 0 Å². The average molecular weight is 282 g/mol. The number of benzene rings is 1. The van der Waals surface area contributed by atoms with Gasteiger partial charge in [0.2, 0.25) is 0 Å². The van der Waals surface area contributed by atoms with Crippen molar-refractivity contribution in [3.63, 3.8) is 0 Å². The van der Waals surface area contributed by atoms with Gasteiger partial charge in [-0.05, 0) is 18.2 Å². The van der Waals surface area contributed by atoms with Crippen LogP contribution in [0.5, 0.6) is 0 Å². The zero-order chi connectivity index (χ0) is 13.0. The monoisotopic (exact) mass is 281 g/mol. The van der Waals surface area contributed by atoms with Gasteiger partial charge in [0.25, 0.3) is 5.91 Å². The number of halogens is 2. The van der Waals surface area contributed by atoms with E-state index in [1.54, 1.807) is 0 Å². The Balaban J connectivity index is 2.04. The van der Waals surface area contributed by atoms with Gasteiger partial charge in [-0.3, -0.25) is 15.6 Å². The number of rotatable bonds is 3. The van der Waals surface area contributed by atoms with E-state index < -0.39 is 0 Å². The summed E-state index contributed by atoms with van der Waals surface area (Å²) in [7, 11) is 0. The number of para-hydroxylation sites is 1. The van der Waals surface area contributed by atoms with Crippen LogP contribution in [0.4, 0.5) is 5.69 Å². The van der Waals surface area contributed by atoms with Crippen LogP contribution in [0.3, 0.4) is 0 Å². The Hall–Kier alpha value is -1.78. The van der Waals surface area contributed by atoms with Crippen molar-refractivity contribution in [3.8, 4) is 0 Å². The summed E-state index contributed by atoms with van der Waals surface area (Å²) in [6, 6.07) is 10.6. The highest BCUT2D eigenvalue weighted by Gasteiger charge is 2.10. The summed E-state index contributed by atoms with van der Waals surface area (Å²) >= 11 is 11.5. The molecule has 0 spiro atoms. The van der Waals surface area contributed by atoms with Crippen LogP contribution in [0.25, 0.3) is 0 Å². The molecule has 0 saturated heterocycles. The van der Waals surface area contributed by atoms with E-state index in [0.717, 1.165) is 5.69 Å². The number of amides is 1. The summed E-state index contributed by atoms with van der Waals surface area (Å²) in [5.41, 5.74) is 6.31. The number of aromatic nitrogens is 1. The van der Waals surface area contributed by atoms with Crippen LogP contribution in [-0.2, 0) is 0 Å². The van der Waals surface area contributed by atoms with E-state index in [2.05, 4.69) is 15.8 Å². The molecule has 1 aromatic heterocycles. The van der Waals surface area contributed by atoms with Gasteiger partial charge in [0.1, 0.15) is 5.15 Å². The van der Waals surface area contributed by atoms with Crippen LogP contribution in [-0.4, -0.2) is 10.9 Å². The lowest BCUT2D eigenvalue weighted by Crippen LogP contribution is -2.29. The van der Waals surface area contributed by atoms with E-state index in [4.69, 9.17) is 23.2 Å². The third kappa shape index (κ3) is 3.12. The first kappa shape index (κ1) is 12.7. The van der Waals surface area contributed by atoms with Crippen LogP contribution in [0.15, 0.2) is 42.6 Å². The van der Waals surface area contributed by atoms with Gasteiger partial charge in [-0.15, -0.1) is 0 Å². The molecule has 1 heterocycles. The summed E-state index contributed by atoms with van der Waals surface area (Å²) in [5.74, 6) is -0.381. The van der Waals surface area contributed by atoms with Crippen molar-refractivity contribution in [1.82, 2.24) is 10.4 Å². The van der Waals surface area contributed by atoms with Crippen molar-refractivity contribution >= 4 is 34.8 Å². The standard InChI is InChI=1S/C12H9Cl2N3O/c13-10-6-11(14)15-7-9(10)12(18)17-16-8-4-2-1-3-5-8/h1-7,16H,(H,17,18). The maximum absolute atomic E-state index is 11.8. The first-order valence-corrected chi connectivity index (χ1v) is 5.85. The molecule has 1 amide bonds. The van der Waals surface area contributed by atoms with Gasteiger partial charge in [0, 0.05) is 6.20 Å². The van der Waals surface area contributed by atoms with Crippen LogP contribution in [0, 0.1) is 0 Å². The summed E-state index contributed by atoms with van der Waals surface area (Å²) in [4.78, 5) is 15.6. The second-order valence-electron chi connectivity index (χ2n) is 3.43. The normalized spacial score (nSPS) is 9.89. The van der Waals surface area contributed by atoms with Gasteiger partial charge in [0.15, 0.2) is 0 Å². The van der Waals surface area contributed by atoms with Gasteiger partial charge in [0.05, 0.1) is 16.3 Å². The van der Waals surface area contributed by atoms with Gasteiger partial charge in [-0.1, -0.05) is 41.4 Å². The Bertz CT molecular complexity index is 561. The largest absolute Gasteiger partial charge is 0.298 e. The van der Waals surface area contributed by atoms with E-state index in [1.807, 2.05) is 30.3 Å². The fourth-order valence-electron chi connectivity index (χ4n) is 1.29. The Kier molecular flexibility index (Phi) is 4.02. The van der Waals surface area contributed by atoms with Crippen molar-refractivity contribution in [3.05, 3.63) is 58.3 Å². The number of hydrogen-bond donors (Lipinski definition) is 2. The second kappa shape index (κ2) is 5.71. The maximum atomic E-state index is 11.8. The topological polar surface area (TPSA) is 54.0 Å². The van der Waals surface area contributed by atoms with E-state index in [9.17, 15) is 4.79 Å². The van der Waals surface area contributed by atoms with E-state index >= 15 is 0 Å². The molecule has 1 aromatic carbocycles.